The molecular weight excluding hydrogens is 462 g/mol. The van der Waals surface area contributed by atoms with Gasteiger partial charge in [-0.25, -0.2) is 0 Å². The minimum Gasteiger partial charge on any atom is -0.511 e. The Balaban J connectivity index is 1.68. The van der Waals surface area contributed by atoms with Crippen molar-refractivity contribution in [1.29, 1.82) is 5.26 Å². The molecule has 0 radical (unpaired) electrons. The van der Waals surface area contributed by atoms with Crippen LogP contribution in [-0.4, -0.2) is 24.0 Å². The third kappa shape index (κ3) is 3.14. The number of carbonyl (C=O) groups excluding carboxylic acids is 2. The van der Waals surface area contributed by atoms with E-state index in [1.54, 1.807) is 0 Å². The van der Waals surface area contributed by atoms with Gasteiger partial charge in [-0.2, -0.15) is 5.26 Å². The lowest BCUT2D eigenvalue weighted by atomic mass is 9.34. The zero-order chi connectivity index (χ0) is 27.4. The highest BCUT2D eigenvalue weighted by atomic mass is 16.5. The highest BCUT2D eigenvalue weighted by Crippen LogP contribution is 2.75. The molecule has 0 unspecified atom stereocenters. The van der Waals surface area contributed by atoms with Crippen LogP contribution in [0.2, 0.25) is 0 Å². The van der Waals surface area contributed by atoms with Crippen LogP contribution in [0.1, 0.15) is 99.8 Å². The second kappa shape index (κ2) is 7.73. The number of fused-ring (bicyclic) bond motifs is 7. The number of ether oxygens (including phenoxy) is 1. The number of methoxy groups -OCH3 is 1. The van der Waals surface area contributed by atoms with Gasteiger partial charge in [0.1, 0.15) is 5.76 Å². The molecule has 0 aromatic rings. The third-order valence-corrected chi connectivity index (χ3v) is 12.7. The van der Waals surface area contributed by atoms with Crippen molar-refractivity contribution in [3.05, 3.63) is 23.0 Å². The molecule has 1 N–H and O–H groups in total. The Bertz CT molecular complexity index is 1170. The summed E-state index contributed by atoms with van der Waals surface area (Å²) in [7, 11) is 1.49. The summed E-state index contributed by atoms with van der Waals surface area (Å²) in [5.74, 6) is 0.143. The van der Waals surface area contributed by atoms with Gasteiger partial charge in [-0.3, -0.25) is 9.59 Å². The molecule has 202 valence electrons. The maximum atomic E-state index is 14.4. The SMILES string of the molecule is COC(=O)[C@]12CCC(C)(C)C[C@H]1[C@H]1C(=O)C=C3[C@]4(C)CC(C#N)=C(O)C(C)(C)[C@H]4CC[C@@]3(C)[C@@]1(C)CC2. The molecule has 5 rings (SSSR count). The van der Waals surface area contributed by atoms with Crippen LogP contribution in [0, 0.1) is 61.6 Å². The van der Waals surface area contributed by atoms with E-state index in [4.69, 9.17) is 4.74 Å². The molecule has 0 saturated heterocycles. The number of hydrogen-bond donors (Lipinski definition) is 1. The summed E-state index contributed by atoms with van der Waals surface area (Å²) in [4.78, 5) is 27.8. The fourth-order valence-corrected chi connectivity index (χ4v) is 10.5. The number of ketones is 1. The van der Waals surface area contributed by atoms with Gasteiger partial charge in [-0.15, -0.1) is 0 Å². The number of nitriles is 1. The van der Waals surface area contributed by atoms with E-state index < -0.39 is 10.8 Å². The first-order valence-corrected chi connectivity index (χ1v) is 14.2. The Morgan fingerprint density at radius 3 is 2.32 bits per heavy atom. The van der Waals surface area contributed by atoms with Gasteiger partial charge >= 0.3 is 5.97 Å². The lowest BCUT2D eigenvalue weighted by molar-refractivity contribution is -0.192. The first-order chi connectivity index (χ1) is 17.0. The molecule has 7 atom stereocenters. The van der Waals surface area contributed by atoms with E-state index >= 15 is 0 Å². The number of aliphatic hydroxyl groups is 1. The lowest BCUT2D eigenvalue weighted by Gasteiger charge is -2.69. The molecule has 0 heterocycles. The molecule has 0 spiro atoms. The van der Waals surface area contributed by atoms with Gasteiger partial charge in [0.2, 0.25) is 0 Å². The Kier molecular flexibility index (Phi) is 5.54. The Morgan fingerprint density at radius 1 is 1.05 bits per heavy atom. The molecular formula is C32H45NO4. The van der Waals surface area contributed by atoms with Crippen molar-refractivity contribution in [2.45, 2.75) is 99.8 Å². The summed E-state index contributed by atoms with van der Waals surface area (Å²) in [5.41, 5.74) is -0.275. The molecule has 5 heteroatoms. The molecule has 0 aliphatic heterocycles. The van der Waals surface area contributed by atoms with Crippen molar-refractivity contribution in [3.8, 4) is 6.07 Å². The summed E-state index contributed by atoms with van der Waals surface area (Å²) in [6.07, 6.45) is 8.50. The van der Waals surface area contributed by atoms with Crippen LogP contribution in [0.15, 0.2) is 23.0 Å². The summed E-state index contributed by atoms with van der Waals surface area (Å²) in [6.45, 7) is 15.6. The second-order valence-corrected chi connectivity index (χ2v) is 15.2. The molecule has 5 aliphatic rings. The number of hydrogen-bond acceptors (Lipinski definition) is 5. The van der Waals surface area contributed by atoms with Crippen molar-refractivity contribution in [1.82, 2.24) is 0 Å². The van der Waals surface area contributed by atoms with Crippen LogP contribution in [0.4, 0.5) is 0 Å². The minimum atomic E-state index is -0.581. The van der Waals surface area contributed by atoms with Crippen molar-refractivity contribution in [2.75, 3.05) is 7.11 Å². The first-order valence-electron chi connectivity index (χ1n) is 14.2. The molecule has 5 aliphatic carbocycles. The molecule has 3 fully saturated rings. The summed E-state index contributed by atoms with van der Waals surface area (Å²) in [6, 6.07) is 2.29. The van der Waals surface area contributed by atoms with Crippen LogP contribution in [0.3, 0.4) is 0 Å². The predicted octanol–water partition coefficient (Wildman–Crippen LogP) is 7.09. The van der Waals surface area contributed by atoms with Gasteiger partial charge in [0.25, 0.3) is 0 Å². The van der Waals surface area contributed by atoms with E-state index in [0.29, 0.717) is 12.0 Å². The maximum absolute atomic E-state index is 14.4. The van der Waals surface area contributed by atoms with E-state index in [1.165, 1.54) is 12.7 Å². The van der Waals surface area contributed by atoms with Crippen LogP contribution in [0.5, 0.6) is 0 Å². The van der Waals surface area contributed by atoms with Crippen LogP contribution in [0.25, 0.3) is 0 Å². The van der Waals surface area contributed by atoms with Gasteiger partial charge in [0.05, 0.1) is 24.2 Å². The van der Waals surface area contributed by atoms with Crippen molar-refractivity contribution in [3.63, 3.8) is 0 Å². The molecule has 0 aromatic carbocycles. The Hall–Kier alpha value is -2.09. The number of aliphatic hydroxyl groups excluding tert-OH is 1. The summed E-state index contributed by atoms with van der Waals surface area (Å²) >= 11 is 0. The number of esters is 1. The Labute approximate surface area is 222 Å². The van der Waals surface area contributed by atoms with Crippen LogP contribution < -0.4 is 0 Å². The molecule has 0 amide bonds. The topological polar surface area (TPSA) is 87.4 Å². The van der Waals surface area contributed by atoms with Gasteiger partial charge < -0.3 is 9.84 Å². The predicted molar refractivity (Wildman–Crippen MR) is 142 cm³/mol. The molecule has 37 heavy (non-hydrogen) atoms. The van der Waals surface area contributed by atoms with Crippen LogP contribution >= 0.6 is 0 Å². The van der Waals surface area contributed by atoms with Gasteiger partial charge in [-0.1, -0.05) is 54.0 Å². The van der Waals surface area contributed by atoms with Gasteiger partial charge in [0, 0.05) is 11.3 Å². The molecule has 5 nitrogen and oxygen atoms in total. The van der Waals surface area contributed by atoms with Crippen molar-refractivity contribution >= 4 is 11.8 Å². The zero-order valence-corrected chi connectivity index (χ0v) is 24.1. The summed E-state index contributed by atoms with van der Waals surface area (Å²) < 4.78 is 5.42. The second-order valence-electron chi connectivity index (χ2n) is 15.2. The van der Waals surface area contributed by atoms with Crippen molar-refractivity contribution < 1.29 is 19.4 Å². The third-order valence-electron chi connectivity index (χ3n) is 12.7. The zero-order valence-electron chi connectivity index (χ0n) is 24.1. The van der Waals surface area contributed by atoms with E-state index in [0.717, 1.165) is 44.9 Å². The molecule has 0 bridgehead atoms. The quantitative estimate of drug-likeness (QED) is 0.383. The molecule has 3 saturated carbocycles. The lowest BCUT2D eigenvalue weighted by Crippen LogP contribution is -2.65. The highest BCUT2D eigenvalue weighted by molar-refractivity contribution is 5.96. The monoisotopic (exact) mass is 507 g/mol. The van der Waals surface area contributed by atoms with Gasteiger partial charge in [-0.05, 0) is 90.9 Å². The number of allylic oxidation sites excluding steroid dienone is 4. The first kappa shape index (κ1) is 26.5. The van der Waals surface area contributed by atoms with E-state index in [2.05, 4.69) is 54.5 Å². The number of carbonyl (C=O) groups is 2. The normalized spacial score (nSPS) is 45.9. The van der Waals surface area contributed by atoms with E-state index in [-0.39, 0.29) is 56.9 Å². The van der Waals surface area contributed by atoms with E-state index in [1.807, 2.05) is 6.08 Å². The number of nitrogens with zero attached hydrogens (tertiary/aromatic N) is 1. The maximum Gasteiger partial charge on any atom is 0.312 e. The van der Waals surface area contributed by atoms with Crippen LogP contribution in [-0.2, 0) is 14.3 Å². The fourth-order valence-electron chi connectivity index (χ4n) is 10.5. The minimum absolute atomic E-state index is 0.0310. The van der Waals surface area contributed by atoms with E-state index in [9.17, 15) is 20.0 Å². The highest BCUT2D eigenvalue weighted by Gasteiger charge is 2.71. The largest absolute Gasteiger partial charge is 0.511 e. The number of rotatable bonds is 1. The smallest absolute Gasteiger partial charge is 0.312 e. The van der Waals surface area contributed by atoms with Gasteiger partial charge in [0.15, 0.2) is 5.78 Å². The van der Waals surface area contributed by atoms with Crippen molar-refractivity contribution in [2.24, 2.45) is 50.2 Å². The average Bonchev–Trinajstić information content (AvgIpc) is 2.82. The standard InChI is InChI=1S/C32H45NO4/c1-27(2)11-13-32(26(36)37-8)14-12-31(7)24(20(32)17-27)21(34)15-23-29(5)16-19(18-33)25(35)28(3,4)22(29)9-10-30(23,31)6/h15,20,22,24,35H,9-14,16-17H2,1-8H3/t20-,22+,24-,29+,30+,31-,32-/m0/s1. The molecule has 0 aromatic heterocycles. The Morgan fingerprint density at radius 2 is 1.70 bits per heavy atom. The average molecular weight is 508 g/mol. The summed E-state index contributed by atoms with van der Waals surface area (Å²) in [5, 5.41) is 20.9. The fraction of sp³-hybridized carbons (Fsp3) is 0.781.